The van der Waals surface area contributed by atoms with Gasteiger partial charge in [0, 0.05) is 23.4 Å². The van der Waals surface area contributed by atoms with Crippen LogP contribution < -0.4 is 5.32 Å². The topological polar surface area (TPSA) is 72.0 Å². The van der Waals surface area contributed by atoms with Gasteiger partial charge in [-0.25, -0.2) is 18.4 Å². The Hall–Kier alpha value is -2.25. The van der Waals surface area contributed by atoms with Gasteiger partial charge in [0.2, 0.25) is 0 Å². The van der Waals surface area contributed by atoms with Crippen LogP contribution in [0.3, 0.4) is 0 Å². The molecule has 3 aromatic rings. The molecule has 0 saturated carbocycles. The largest absolute Gasteiger partial charge is 0.316 e. The van der Waals surface area contributed by atoms with E-state index in [1.807, 2.05) is 23.6 Å². The Morgan fingerprint density at radius 3 is 2.50 bits per heavy atom. The average Bonchev–Trinajstić information content (AvgIpc) is 2.96. The van der Waals surface area contributed by atoms with Crippen molar-refractivity contribution in [1.82, 2.24) is 9.97 Å². The molecule has 0 aliphatic carbocycles. The molecule has 0 aliphatic heterocycles. The zero-order valence-electron chi connectivity index (χ0n) is 11.7. The van der Waals surface area contributed by atoms with E-state index in [4.69, 9.17) is 0 Å². The predicted octanol–water partition coefficient (Wildman–Crippen LogP) is 3.35. The van der Waals surface area contributed by atoms with Crippen molar-refractivity contribution in [3.8, 4) is 11.3 Å². The first-order valence-corrected chi connectivity index (χ1v) is 9.23. The zero-order valence-corrected chi connectivity index (χ0v) is 13.4. The maximum Gasteiger partial charge on any atom is 0.188 e. The number of nitrogens with zero attached hydrogens (tertiary/aromatic N) is 2. The smallest absolute Gasteiger partial charge is 0.188 e. The maximum absolute atomic E-state index is 11.5. The summed E-state index contributed by atoms with van der Waals surface area (Å²) in [5, 5.41) is 5.78. The van der Waals surface area contributed by atoms with Crippen LogP contribution in [0.1, 0.15) is 0 Å². The summed E-state index contributed by atoms with van der Waals surface area (Å²) in [7, 11) is -3.18. The Bertz CT molecular complexity index is 873. The van der Waals surface area contributed by atoms with E-state index in [1.54, 1.807) is 30.5 Å². The van der Waals surface area contributed by atoms with Gasteiger partial charge in [-0.2, -0.15) is 0 Å². The molecular formula is C15H13N3O2S2. The number of hydrogen-bond acceptors (Lipinski definition) is 6. The molecule has 0 bridgehead atoms. The van der Waals surface area contributed by atoms with Crippen LogP contribution in [0.2, 0.25) is 0 Å². The predicted molar refractivity (Wildman–Crippen MR) is 88.2 cm³/mol. The van der Waals surface area contributed by atoms with E-state index >= 15 is 0 Å². The van der Waals surface area contributed by atoms with Gasteiger partial charge in [-0.15, -0.1) is 11.3 Å². The summed E-state index contributed by atoms with van der Waals surface area (Å²) >= 11 is 1.47. The minimum Gasteiger partial charge on any atom is -0.316 e. The number of rotatable bonds is 4. The monoisotopic (exact) mass is 331 g/mol. The summed E-state index contributed by atoms with van der Waals surface area (Å²) in [5.74, 6) is 0.732. The van der Waals surface area contributed by atoms with Gasteiger partial charge in [-0.1, -0.05) is 18.2 Å². The molecule has 0 saturated heterocycles. The van der Waals surface area contributed by atoms with Gasteiger partial charge in [0.1, 0.15) is 5.82 Å². The van der Waals surface area contributed by atoms with Gasteiger partial charge < -0.3 is 5.32 Å². The summed E-state index contributed by atoms with van der Waals surface area (Å²) in [5.41, 5.74) is 1.67. The molecule has 1 aromatic carbocycles. The number of sulfone groups is 1. The fourth-order valence-corrected chi connectivity index (χ4v) is 3.24. The van der Waals surface area contributed by atoms with E-state index in [1.165, 1.54) is 17.6 Å². The normalized spacial score (nSPS) is 11.3. The molecule has 2 heterocycles. The number of benzene rings is 1. The van der Waals surface area contributed by atoms with Crippen molar-refractivity contribution in [2.45, 2.75) is 4.90 Å². The lowest BCUT2D eigenvalue weighted by Crippen LogP contribution is -1.96. The van der Waals surface area contributed by atoms with Gasteiger partial charge in [-0.3, -0.25) is 0 Å². The number of pyridine rings is 1. The van der Waals surface area contributed by atoms with Crippen molar-refractivity contribution in [2.75, 3.05) is 11.6 Å². The fraction of sp³-hybridized carbons (Fsp3) is 0.0667. The number of thiazole rings is 1. The molecule has 0 amide bonds. The molecule has 22 heavy (non-hydrogen) atoms. The first kappa shape index (κ1) is 14.7. The summed E-state index contributed by atoms with van der Waals surface area (Å²) in [6.45, 7) is 0. The van der Waals surface area contributed by atoms with Crippen LogP contribution in [-0.4, -0.2) is 24.6 Å². The van der Waals surface area contributed by atoms with Crippen molar-refractivity contribution in [1.29, 1.82) is 0 Å². The molecule has 0 spiro atoms. The van der Waals surface area contributed by atoms with Crippen molar-refractivity contribution in [3.63, 3.8) is 0 Å². The van der Waals surface area contributed by atoms with Gasteiger partial charge in [0.05, 0.1) is 10.6 Å². The van der Waals surface area contributed by atoms with Gasteiger partial charge in [0.15, 0.2) is 15.0 Å². The molecule has 0 aliphatic rings. The number of nitrogens with one attached hydrogen (secondary N) is 1. The molecule has 0 atom stereocenters. The second kappa shape index (κ2) is 5.86. The highest BCUT2D eigenvalue weighted by Crippen LogP contribution is 2.27. The molecule has 112 valence electrons. The second-order valence-electron chi connectivity index (χ2n) is 4.67. The minimum absolute atomic E-state index is 0.304. The second-order valence-corrected chi connectivity index (χ2v) is 7.55. The summed E-state index contributed by atoms with van der Waals surface area (Å²) in [4.78, 5) is 8.97. The third-order valence-electron chi connectivity index (χ3n) is 2.98. The Morgan fingerprint density at radius 2 is 1.86 bits per heavy atom. The van der Waals surface area contributed by atoms with Crippen LogP contribution in [0, 0.1) is 0 Å². The highest BCUT2D eigenvalue weighted by molar-refractivity contribution is 7.90. The molecule has 2 aromatic heterocycles. The zero-order chi connectivity index (χ0) is 15.6. The molecular weight excluding hydrogens is 318 g/mol. The number of aromatic nitrogens is 2. The fourth-order valence-electron chi connectivity index (χ4n) is 1.88. The number of anilines is 2. The quantitative estimate of drug-likeness (QED) is 0.794. The first-order chi connectivity index (χ1) is 10.5. The summed E-state index contributed by atoms with van der Waals surface area (Å²) in [6, 6.07) is 12.3. The third-order valence-corrected chi connectivity index (χ3v) is 4.87. The third kappa shape index (κ3) is 3.32. The van der Waals surface area contributed by atoms with E-state index in [0.717, 1.165) is 22.2 Å². The van der Waals surface area contributed by atoms with Crippen molar-refractivity contribution < 1.29 is 8.42 Å². The van der Waals surface area contributed by atoms with Crippen LogP contribution >= 0.6 is 11.3 Å². The summed E-state index contributed by atoms with van der Waals surface area (Å²) < 4.78 is 22.9. The summed E-state index contributed by atoms with van der Waals surface area (Å²) in [6.07, 6.45) is 2.90. The van der Waals surface area contributed by atoms with Crippen molar-refractivity contribution in [3.05, 3.63) is 54.0 Å². The molecule has 0 fully saturated rings. The van der Waals surface area contributed by atoms with Crippen molar-refractivity contribution >= 4 is 32.1 Å². The molecule has 1 N–H and O–H groups in total. The standard InChI is InChI=1S/C15H13N3O2S2/c1-22(19,20)12-7-5-11(6-8-12)13-10-21-15(17-13)18-14-4-2-3-9-16-14/h2-10H,1H3,(H,16,17,18). The van der Waals surface area contributed by atoms with E-state index in [0.29, 0.717) is 4.90 Å². The van der Waals surface area contributed by atoms with E-state index < -0.39 is 9.84 Å². The highest BCUT2D eigenvalue weighted by Gasteiger charge is 2.09. The molecule has 0 unspecified atom stereocenters. The Labute approximate surface area is 132 Å². The van der Waals surface area contributed by atoms with Gasteiger partial charge in [-0.05, 0) is 24.3 Å². The maximum atomic E-state index is 11.5. The minimum atomic E-state index is -3.18. The lowest BCUT2D eigenvalue weighted by molar-refractivity contribution is 0.602. The van der Waals surface area contributed by atoms with Crippen LogP contribution in [0.15, 0.2) is 58.9 Å². The van der Waals surface area contributed by atoms with E-state index in [-0.39, 0.29) is 0 Å². The molecule has 0 radical (unpaired) electrons. The van der Waals surface area contributed by atoms with Crippen LogP contribution in [0.25, 0.3) is 11.3 Å². The Balaban J connectivity index is 1.82. The highest BCUT2D eigenvalue weighted by atomic mass is 32.2. The SMILES string of the molecule is CS(=O)(=O)c1ccc(-c2csc(Nc3ccccn3)n2)cc1. The van der Waals surface area contributed by atoms with E-state index in [2.05, 4.69) is 15.3 Å². The molecule has 5 nitrogen and oxygen atoms in total. The van der Waals surface area contributed by atoms with Gasteiger partial charge in [0.25, 0.3) is 0 Å². The van der Waals surface area contributed by atoms with Crippen LogP contribution in [0.4, 0.5) is 10.9 Å². The number of hydrogen-bond donors (Lipinski definition) is 1. The van der Waals surface area contributed by atoms with E-state index in [9.17, 15) is 8.42 Å². The molecule has 7 heteroatoms. The average molecular weight is 331 g/mol. The lowest BCUT2D eigenvalue weighted by Gasteiger charge is -2.01. The van der Waals surface area contributed by atoms with Gasteiger partial charge >= 0.3 is 0 Å². The molecule has 3 rings (SSSR count). The Kier molecular flexibility index (Phi) is 3.91. The van der Waals surface area contributed by atoms with Crippen LogP contribution in [-0.2, 0) is 9.84 Å². The first-order valence-electron chi connectivity index (χ1n) is 6.46. The van der Waals surface area contributed by atoms with Crippen molar-refractivity contribution in [2.24, 2.45) is 0 Å². The van der Waals surface area contributed by atoms with Crippen LogP contribution in [0.5, 0.6) is 0 Å². The lowest BCUT2D eigenvalue weighted by atomic mass is 10.2. The Morgan fingerprint density at radius 1 is 1.09 bits per heavy atom.